The molecule has 0 aromatic heterocycles. The minimum atomic E-state index is -0.874. The van der Waals surface area contributed by atoms with Crippen molar-refractivity contribution in [3.8, 4) is 0 Å². The molecule has 2 fully saturated rings. The Kier molecular flexibility index (Phi) is 2.81. The van der Waals surface area contributed by atoms with E-state index in [1.165, 1.54) is 0 Å². The van der Waals surface area contributed by atoms with Crippen LogP contribution in [0.1, 0.15) is 12.8 Å². The third-order valence-electron chi connectivity index (χ3n) is 2.75. The predicted octanol–water partition coefficient (Wildman–Crippen LogP) is 0.529. The summed E-state index contributed by atoms with van der Waals surface area (Å²) in [6.45, 7) is 1.52. The van der Waals surface area contributed by atoms with Gasteiger partial charge in [-0.3, -0.25) is 9.59 Å². The van der Waals surface area contributed by atoms with Gasteiger partial charge in [-0.25, -0.2) is 0 Å². The lowest BCUT2D eigenvalue weighted by molar-refractivity contribution is -0.132. The van der Waals surface area contributed by atoms with Crippen LogP contribution in [0.2, 0.25) is 0 Å². The third kappa shape index (κ3) is 2.37. The molecule has 2 aliphatic rings. The minimum Gasteiger partial charge on any atom is -0.354 e. The molecule has 2 rings (SSSR count). The van der Waals surface area contributed by atoms with Crippen molar-refractivity contribution in [3.05, 3.63) is 0 Å². The number of carbonyl (C=O) groups is 2. The van der Waals surface area contributed by atoms with E-state index in [1.807, 2.05) is 0 Å². The van der Waals surface area contributed by atoms with Crippen LogP contribution in [0.25, 0.3) is 0 Å². The standard InChI is InChI=1S/C9H12Cl2N2O2/c10-9(11)5-6(9)8(15)13-3-1-7(14)12-2-4-13/h6H,1-5H2,(H,12,14)/t6-/m0/s1. The van der Waals surface area contributed by atoms with Crippen molar-refractivity contribution in [1.29, 1.82) is 0 Å². The van der Waals surface area contributed by atoms with Crippen molar-refractivity contribution < 1.29 is 9.59 Å². The second-order valence-corrected chi connectivity index (χ2v) is 5.49. The highest BCUT2D eigenvalue weighted by molar-refractivity contribution is 6.52. The average molecular weight is 251 g/mol. The Bertz CT molecular complexity index is 306. The second-order valence-electron chi connectivity index (χ2n) is 3.94. The highest BCUT2D eigenvalue weighted by Gasteiger charge is 2.57. The number of halogens is 2. The summed E-state index contributed by atoms with van der Waals surface area (Å²) in [5.74, 6) is -0.324. The zero-order valence-electron chi connectivity index (χ0n) is 8.13. The van der Waals surface area contributed by atoms with Gasteiger partial charge in [0.1, 0.15) is 4.33 Å². The number of hydrogen-bond donors (Lipinski definition) is 1. The fraction of sp³-hybridized carbons (Fsp3) is 0.778. The SMILES string of the molecule is O=C1CCN(C(=O)[C@@H]2CC2(Cl)Cl)CCN1. The topological polar surface area (TPSA) is 49.4 Å². The molecule has 1 aliphatic carbocycles. The molecule has 6 heteroatoms. The monoisotopic (exact) mass is 250 g/mol. The van der Waals surface area contributed by atoms with Gasteiger partial charge < -0.3 is 10.2 Å². The highest BCUT2D eigenvalue weighted by atomic mass is 35.5. The zero-order chi connectivity index (χ0) is 11.1. The van der Waals surface area contributed by atoms with Gasteiger partial charge in [0.05, 0.1) is 5.92 Å². The summed E-state index contributed by atoms with van der Waals surface area (Å²) in [6.07, 6.45) is 0.878. The molecule has 1 atom stereocenters. The number of amides is 2. The Hall–Kier alpha value is -0.480. The number of nitrogens with one attached hydrogen (secondary N) is 1. The number of alkyl halides is 2. The largest absolute Gasteiger partial charge is 0.354 e. The molecule has 0 unspecified atom stereocenters. The Morgan fingerprint density at radius 3 is 2.73 bits per heavy atom. The lowest BCUT2D eigenvalue weighted by atomic mass is 10.3. The van der Waals surface area contributed by atoms with Gasteiger partial charge in [0.2, 0.25) is 11.8 Å². The van der Waals surface area contributed by atoms with Crippen LogP contribution in [0.5, 0.6) is 0 Å². The lowest BCUT2D eigenvalue weighted by Crippen LogP contribution is -2.36. The quantitative estimate of drug-likeness (QED) is 0.691. The fourth-order valence-electron chi connectivity index (χ4n) is 1.69. The van der Waals surface area contributed by atoms with E-state index < -0.39 is 4.33 Å². The Labute approximate surface area is 97.9 Å². The third-order valence-corrected chi connectivity index (χ3v) is 3.58. The van der Waals surface area contributed by atoms with Gasteiger partial charge in [-0.1, -0.05) is 0 Å². The molecule has 0 aromatic carbocycles. The van der Waals surface area contributed by atoms with Gasteiger partial charge >= 0.3 is 0 Å². The van der Waals surface area contributed by atoms with Gasteiger partial charge in [-0.2, -0.15) is 0 Å². The first-order chi connectivity index (χ1) is 7.00. The Morgan fingerprint density at radius 2 is 2.13 bits per heavy atom. The molecule has 15 heavy (non-hydrogen) atoms. The summed E-state index contributed by atoms with van der Waals surface area (Å²) in [6, 6.07) is 0. The Morgan fingerprint density at radius 1 is 1.47 bits per heavy atom. The number of carbonyl (C=O) groups excluding carboxylic acids is 2. The fourth-order valence-corrected chi connectivity index (χ4v) is 2.18. The molecule has 1 saturated heterocycles. The van der Waals surface area contributed by atoms with Crippen LogP contribution in [0, 0.1) is 5.92 Å². The molecular weight excluding hydrogens is 239 g/mol. The van der Waals surface area contributed by atoms with Crippen LogP contribution < -0.4 is 5.32 Å². The Balaban J connectivity index is 1.93. The summed E-state index contributed by atoms with van der Waals surface area (Å²) in [5.41, 5.74) is 0. The highest BCUT2D eigenvalue weighted by Crippen LogP contribution is 2.53. The van der Waals surface area contributed by atoms with Crippen LogP contribution in [0.3, 0.4) is 0 Å². The van der Waals surface area contributed by atoms with E-state index in [4.69, 9.17) is 23.2 Å². The maximum absolute atomic E-state index is 11.9. The summed E-state index contributed by atoms with van der Waals surface area (Å²) in [5, 5.41) is 2.71. The predicted molar refractivity (Wildman–Crippen MR) is 56.8 cm³/mol. The number of nitrogens with zero attached hydrogens (tertiary/aromatic N) is 1. The molecule has 2 amide bonds. The van der Waals surface area contributed by atoms with Gasteiger partial charge in [0, 0.05) is 26.1 Å². The molecule has 1 N–H and O–H groups in total. The number of hydrogen-bond acceptors (Lipinski definition) is 2. The van der Waals surface area contributed by atoms with E-state index in [9.17, 15) is 9.59 Å². The summed E-state index contributed by atoms with van der Waals surface area (Å²) >= 11 is 11.7. The first kappa shape index (κ1) is 11.0. The maximum Gasteiger partial charge on any atom is 0.228 e. The molecular formula is C9H12Cl2N2O2. The van der Waals surface area contributed by atoms with Crippen molar-refractivity contribution in [2.24, 2.45) is 5.92 Å². The van der Waals surface area contributed by atoms with Crippen LogP contribution in [0.15, 0.2) is 0 Å². The zero-order valence-corrected chi connectivity index (χ0v) is 9.64. The van der Waals surface area contributed by atoms with E-state index in [0.717, 1.165) is 0 Å². The molecule has 0 radical (unpaired) electrons. The van der Waals surface area contributed by atoms with Crippen LogP contribution >= 0.6 is 23.2 Å². The van der Waals surface area contributed by atoms with Crippen molar-refractivity contribution >= 4 is 35.0 Å². The first-order valence-electron chi connectivity index (χ1n) is 4.94. The van der Waals surface area contributed by atoms with Gasteiger partial charge in [-0.15, -0.1) is 23.2 Å². The van der Waals surface area contributed by atoms with Gasteiger partial charge in [0.15, 0.2) is 0 Å². The molecule has 4 nitrogen and oxygen atoms in total. The van der Waals surface area contributed by atoms with Crippen molar-refractivity contribution in [1.82, 2.24) is 10.2 Å². The van der Waals surface area contributed by atoms with E-state index >= 15 is 0 Å². The smallest absolute Gasteiger partial charge is 0.228 e. The normalized spacial score (nSPS) is 29.3. The lowest BCUT2D eigenvalue weighted by Gasteiger charge is -2.19. The molecule has 1 aliphatic heterocycles. The van der Waals surface area contributed by atoms with E-state index in [1.54, 1.807) is 4.90 Å². The summed E-state index contributed by atoms with van der Waals surface area (Å²) in [4.78, 5) is 24.6. The van der Waals surface area contributed by atoms with E-state index in [0.29, 0.717) is 32.5 Å². The van der Waals surface area contributed by atoms with Crippen molar-refractivity contribution in [3.63, 3.8) is 0 Å². The second kappa shape index (κ2) is 3.83. The molecule has 0 bridgehead atoms. The van der Waals surface area contributed by atoms with Gasteiger partial charge in [-0.05, 0) is 6.42 Å². The van der Waals surface area contributed by atoms with Crippen LogP contribution in [-0.4, -0.2) is 40.7 Å². The van der Waals surface area contributed by atoms with Crippen molar-refractivity contribution in [2.75, 3.05) is 19.6 Å². The van der Waals surface area contributed by atoms with E-state index in [2.05, 4.69) is 5.32 Å². The molecule has 1 heterocycles. The van der Waals surface area contributed by atoms with Crippen LogP contribution in [0.4, 0.5) is 0 Å². The van der Waals surface area contributed by atoms with Crippen molar-refractivity contribution in [2.45, 2.75) is 17.2 Å². The average Bonchev–Trinajstić information content (AvgIpc) is 2.84. The summed E-state index contributed by atoms with van der Waals surface area (Å²) < 4.78 is -0.874. The van der Waals surface area contributed by atoms with E-state index in [-0.39, 0.29) is 17.7 Å². The number of rotatable bonds is 1. The minimum absolute atomic E-state index is 0.0101. The molecule has 0 aromatic rings. The molecule has 0 spiro atoms. The summed E-state index contributed by atoms with van der Waals surface area (Å²) in [7, 11) is 0. The molecule has 1 saturated carbocycles. The van der Waals surface area contributed by atoms with Gasteiger partial charge in [0.25, 0.3) is 0 Å². The maximum atomic E-state index is 11.9. The van der Waals surface area contributed by atoms with Crippen LogP contribution in [-0.2, 0) is 9.59 Å². The molecule has 84 valence electrons. The first-order valence-corrected chi connectivity index (χ1v) is 5.69.